The van der Waals surface area contributed by atoms with Gasteiger partial charge in [-0.05, 0) is 48.8 Å². The molecule has 1 aromatic carbocycles. The monoisotopic (exact) mass is 418 g/mol. The number of unbranched alkanes of at least 4 members (excludes halogenated alkanes) is 9. The van der Waals surface area contributed by atoms with Crippen molar-refractivity contribution >= 4 is 11.9 Å². The first-order valence-electron chi connectivity index (χ1n) is 12.0. The van der Waals surface area contributed by atoms with Crippen LogP contribution in [-0.4, -0.2) is 22.2 Å². The number of rotatable bonds is 17. The zero-order chi connectivity index (χ0) is 22.4. The maximum absolute atomic E-state index is 11.9. The number of aromatic carboxylic acids is 2. The Labute approximate surface area is 183 Å². The van der Waals surface area contributed by atoms with Crippen molar-refractivity contribution in [1.82, 2.24) is 0 Å². The van der Waals surface area contributed by atoms with Gasteiger partial charge in [-0.25, -0.2) is 9.59 Å². The van der Waals surface area contributed by atoms with E-state index >= 15 is 0 Å². The molecule has 0 atom stereocenters. The summed E-state index contributed by atoms with van der Waals surface area (Å²) in [5, 5.41) is 19.2. The molecule has 0 amide bonds. The molecular formula is C26H42O4. The minimum absolute atomic E-state index is 0.00386. The second-order valence-electron chi connectivity index (χ2n) is 8.95. The lowest BCUT2D eigenvalue weighted by molar-refractivity contribution is 0.0650. The fraction of sp³-hybridized carbons (Fsp3) is 0.692. The normalized spacial score (nSPS) is 11.2. The average Bonchev–Trinajstić information content (AvgIpc) is 2.69. The lowest BCUT2D eigenvalue weighted by Gasteiger charge is -2.16. The molecule has 0 saturated heterocycles. The highest BCUT2D eigenvalue weighted by Gasteiger charge is 2.22. The van der Waals surface area contributed by atoms with Crippen LogP contribution < -0.4 is 0 Å². The van der Waals surface area contributed by atoms with Crippen LogP contribution in [0.3, 0.4) is 0 Å². The molecule has 2 N–H and O–H groups in total. The number of hydrogen-bond donors (Lipinski definition) is 2. The van der Waals surface area contributed by atoms with Crippen molar-refractivity contribution in [2.45, 2.75) is 111 Å². The van der Waals surface area contributed by atoms with Crippen molar-refractivity contribution in [2.24, 2.45) is 5.92 Å². The van der Waals surface area contributed by atoms with Crippen molar-refractivity contribution in [3.63, 3.8) is 0 Å². The van der Waals surface area contributed by atoms with Crippen LogP contribution >= 0.6 is 0 Å². The first-order chi connectivity index (χ1) is 14.4. The van der Waals surface area contributed by atoms with Crippen LogP contribution in [0.2, 0.25) is 0 Å². The molecule has 170 valence electrons. The Kier molecular flexibility index (Phi) is 13.1. The van der Waals surface area contributed by atoms with Crippen molar-refractivity contribution in [3.8, 4) is 0 Å². The lowest BCUT2D eigenvalue weighted by atomic mass is 9.89. The van der Waals surface area contributed by atoms with Gasteiger partial charge in [0.25, 0.3) is 0 Å². The summed E-state index contributed by atoms with van der Waals surface area (Å²) in [5.41, 5.74) is 1.66. The molecule has 0 aliphatic rings. The minimum atomic E-state index is -1.16. The average molecular weight is 419 g/mol. The third kappa shape index (κ3) is 9.77. The van der Waals surface area contributed by atoms with Gasteiger partial charge in [0.05, 0.1) is 11.1 Å². The second kappa shape index (κ2) is 15.0. The second-order valence-corrected chi connectivity index (χ2v) is 8.95. The summed E-state index contributed by atoms with van der Waals surface area (Å²) >= 11 is 0. The van der Waals surface area contributed by atoms with Crippen LogP contribution in [0, 0.1) is 5.92 Å². The molecule has 0 bridgehead atoms. The molecule has 0 fully saturated rings. The number of aryl methyl sites for hydroxylation is 1. The molecular weight excluding hydrogens is 376 g/mol. The summed E-state index contributed by atoms with van der Waals surface area (Å²) in [4.78, 5) is 23.4. The van der Waals surface area contributed by atoms with E-state index in [1.807, 2.05) is 6.07 Å². The zero-order valence-corrected chi connectivity index (χ0v) is 19.3. The Bertz CT molecular complexity index is 649. The maximum atomic E-state index is 11.9. The van der Waals surface area contributed by atoms with E-state index in [-0.39, 0.29) is 11.1 Å². The predicted molar refractivity (Wildman–Crippen MR) is 124 cm³/mol. The summed E-state index contributed by atoms with van der Waals surface area (Å²) < 4.78 is 0. The summed E-state index contributed by atoms with van der Waals surface area (Å²) in [6, 6.07) is 3.32. The molecule has 0 spiro atoms. The predicted octanol–water partition coefficient (Wildman–Crippen LogP) is 7.53. The molecule has 0 aliphatic carbocycles. The number of carbonyl (C=O) groups is 2. The summed E-state index contributed by atoms with van der Waals surface area (Å²) in [6.07, 6.45) is 16.0. The Morgan fingerprint density at radius 3 is 1.83 bits per heavy atom. The third-order valence-corrected chi connectivity index (χ3v) is 5.86. The van der Waals surface area contributed by atoms with Crippen LogP contribution in [0.15, 0.2) is 12.1 Å². The first-order valence-corrected chi connectivity index (χ1v) is 12.0. The molecule has 0 unspecified atom stereocenters. The zero-order valence-electron chi connectivity index (χ0n) is 19.3. The molecule has 0 aliphatic heterocycles. The smallest absolute Gasteiger partial charge is 0.336 e. The molecule has 0 radical (unpaired) electrons. The molecule has 4 nitrogen and oxygen atoms in total. The molecule has 0 aromatic heterocycles. The Morgan fingerprint density at radius 2 is 1.33 bits per heavy atom. The topological polar surface area (TPSA) is 74.6 Å². The summed E-state index contributed by atoms with van der Waals surface area (Å²) in [7, 11) is 0. The number of hydrogen-bond acceptors (Lipinski definition) is 2. The van der Waals surface area contributed by atoms with Crippen LogP contribution in [-0.2, 0) is 12.8 Å². The van der Waals surface area contributed by atoms with Gasteiger partial charge in [0.2, 0.25) is 0 Å². The van der Waals surface area contributed by atoms with Crippen LogP contribution in [0.4, 0.5) is 0 Å². The fourth-order valence-corrected chi connectivity index (χ4v) is 4.12. The molecule has 0 saturated carbocycles. The number of carboxylic acids is 2. The van der Waals surface area contributed by atoms with Gasteiger partial charge in [0.1, 0.15) is 0 Å². The fourth-order valence-electron chi connectivity index (χ4n) is 4.12. The highest BCUT2D eigenvalue weighted by atomic mass is 16.4. The van der Waals surface area contributed by atoms with E-state index in [1.54, 1.807) is 0 Å². The van der Waals surface area contributed by atoms with Gasteiger partial charge in [-0.3, -0.25) is 0 Å². The quantitative estimate of drug-likeness (QED) is 0.256. The van der Waals surface area contributed by atoms with E-state index in [4.69, 9.17) is 0 Å². The first kappa shape index (κ1) is 26.2. The van der Waals surface area contributed by atoms with Crippen molar-refractivity contribution in [2.75, 3.05) is 0 Å². The number of benzene rings is 1. The highest BCUT2D eigenvalue weighted by Crippen LogP contribution is 2.25. The third-order valence-electron chi connectivity index (χ3n) is 5.86. The SMILES string of the molecule is CCCCCCCCCCCCc1ccc(C(=O)O)c(C(=O)O)c1CCCC(C)C. The van der Waals surface area contributed by atoms with E-state index in [0.717, 1.165) is 43.2 Å². The van der Waals surface area contributed by atoms with E-state index in [2.05, 4.69) is 20.8 Å². The van der Waals surface area contributed by atoms with Gasteiger partial charge in [0, 0.05) is 0 Å². The summed E-state index contributed by atoms with van der Waals surface area (Å²) in [5.74, 6) is -1.74. The van der Waals surface area contributed by atoms with Gasteiger partial charge in [-0.15, -0.1) is 0 Å². The van der Waals surface area contributed by atoms with Crippen LogP contribution in [0.1, 0.15) is 130 Å². The molecule has 1 rings (SSSR count). The van der Waals surface area contributed by atoms with E-state index in [0.29, 0.717) is 12.3 Å². The van der Waals surface area contributed by atoms with Crippen molar-refractivity contribution < 1.29 is 19.8 Å². The van der Waals surface area contributed by atoms with E-state index < -0.39 is 11.9 Å². The Balaban J connectivity index is 2.65. The van der Waals surface area contributed by atoms with Gasteiger partial charge >= 0.3 is 11.9 Å². The summed E-state index contributed by atoms with van der Waals surface area (Å²) in [6.45, 7) is 6.54. The van der Waals surface area contributed by atoms with Gasteiger partial charge in [-0.2, -0.15) is 0 Å². The van der Waals surface area contributed by atoms with Gasteiger partial charge in [-0.1, -0.05) is 91.0 Å². The maximum Gasteiger partial charge on any atom is 0.336 e. The minimum Gasteiger partial charge on any atom is -0.478 e. The van der Waals surface area contributed by atoms with Crippen molar-refractivity contribution in [3.05, 3.63) is 34.4 Å². The largest absolute Gasteiger partial charge is 0.478 e. The van der Waals surface area contributed by atoms with Crippen LogP contribution in [0.5, 0.6) is 0 Å². The van der Waals surface area contributed by atoms with Gasteiger partial charge in [0.15, 0.2) is 0 Å². The molecule has 1 aromatic rings. The Morgan fingerprint density at radius 1 is 0.767 bits per heavy atom. The standard InChI is InChI=1S/C26H42O4/c1-4-5-6-7-8-9-10-11-12-13-16-21-18-19-23(25(27)28)24(26(29)30)22(21)17-14-15-20(2)3/h18-20H,4-17H2,1-3H3,(H,27,28)(H,29,30). The van der Waals surface area contributed by atoms with Crippen LogP contribution in [0.25, 0.3) is 0 Å². The number of carboxylic acid groups (broad SMARTS) is 2. The molecule has 4 heteroatoms. The molecule has 0 heterocycles. The van der Waals surface area contributed by atoms with E-state index in [1.165, 1.54) is 57.4 Å². The lowest BCUT2D eigenvalue weighted by Crippen LogP contribution is -2.14. The highest BCUT2D eigenvalue weighted by molar-refractivity contribution is 6.03. The Hall–Kier alpha value is -1.84. The van der Waals surface area contributed by atoms with E-state index in [9.17, 15) is 19.8 Å². The van der Waals surface area contributed by atoms with Crippen molar-refractivity contribution in [1.29, 1.82) is 0 Å². The molecule has 30 heavy (non-hydrogen) atoms. The van der Waals surface area contributed by atoms with Gasteiger partial charge < -0.3 is 10.2 Å².